The zero-order chi connectivity index (χ0) is 15.8. The van der Waals surface area contributed by atoms with Crippen LogP contribution in [0.2, 0.25) is 0 Å². The van der Waals surface area contributed by atoms with E-state index < -0.39 is 0 Å². The summed E-state index contributed by atoms with van der Waals surface area (Å²) in [7, 11) is 0. The van der Waals surface area contributed by atoms with Crippen molar-refractivity contribution in [2.24, 2.45) is 4.99 Å². The van der Waals surface area contributed by atoms with Crippen LogP contribution in [-0.4, -0.2) is 12.8 Å². The van der Waals surface area contributed by atoms with Crippen LogP contribution in [0.15, 0.2) is 53.5 Å². The third-order valence-corrected chi connectivity index (χ3v) is 3.91. The van der Waals surface area contributed by atoms with Crippen molar-refractivity contribution in [2.45, 2.75) is 39.5 Å². The number of hydrogen-bond acceptors (Lipinski definition) is 2. The summed E-state index contributed by atoms with van der Waals surface area (Å²) < 4.78 is 5.59. The van der Waals surface area contributed by atoms with Gasteiger partial charge in [0.1, 0.15) is 11.4 Å². The van der Waals surface area contributed by atoms with Crippen LogP contribution in [0.5, 0.6) is 5.75 Å². The Morgan fingerprint density at radius 1 is 0.955 bits per heavy atom. The third kappa shape index (κ3) is 4.20. The lowest BCUT2D eigenvalue weighted by Gasteiger charge is -2.12. The molecule has 0 aromatic heterocycles. The molecule has 0 unspecified atom stereocenters. The van der Waals surface area contributed by atoms with Gasteiger partial charge in [-0.1, -0.05) is 50.2 Å². The fourth-order valence-electron chi connectivity index (χ4n) is 2.60. The summed E-state index contributed by atoms with van der Waals surface area (Å²) >= 11 is 0. The van der Waals surface area contributed by atoms with Gasteiger partial charge in [0.15, 0.2) is 0 Å². The smallest absolute Gasteiger partial charge is 0.144 e. The molecule has 0 bridgehead atoms. The van der Waals surface area contributed by atoms with E-state index in [2.05, 4.69) is 43.1 Å². The van der Waals surface area contributed by atoms with E-state index >= 15 is 0 Å². The van der Waals surface area contributed by atoms with Gasteiger partial charge in [-0.2, -0.15) is 0 Å². The molecule has 22 heavy (non-hydrogen) atoms. The minimum Gasteiger partial charge on any atom is -0.492 e. The van der Waals surface area contributed by atoms with Gasteiger partial charge in [-0.15, -0.1) is 0 Å². The van der Waals surface area contributed by atoms with E-state index in [-0.39, 0.29) is 0 Å². The standard InChI is InChI=1S/C20H25NO/c1-4-17(5-2)18-13-11-16(12-14-18)15-21-19-9-7-8-10-20(19)22-6-3/h7-15,17H,4-6H2,1-3H3. The number of ether oxygens (including phenoxy) is 1. The first-order chi connectivity index (χ1) is 10.8. The van der Waals surface area contributed by atoms with Crippen LogP contribution in [0.4, 0.5) is 5.69 Å². The fraction of sp³-hybridized carbons (Fsp3) is 0.350. The Kier molecular flexibility index (Phi) is 6.20. The van der Waals surface area contributed by atoms with E-state index in [1.165, 1.54) is 18.4 Å². The molecule has 0 N–H and O–H groups in total. The van der Waals surface area contributed by atoms with E-state index in [0.29, 0.717) is 12.5 Å². The molecular weight excluding hydrogens is 270 g/mol. The van der Waals surface area contributed by atoms with E-state index in [4.69, 9.17) is 4.74 Å². The van der Waals surface area contributed by atoms with E-state index in [1.54, 1.807) is 0 Å². The maximum absolute atomic E-state index is 5.59. The topological polar surface area (TPSA) is 21.6 Å². The van der Waals surface area contributed by atoms with Crippen LogP contribution in [0, 0.1) is 0 Å². The fourth-order valence-corrected chi connectivity index (χ4v) is 2.60. The highest BCUT2D eigenvalue weighted by Gasteiger charge is 2.06. The molecule has 0 saturated heterocycles. The van der Waals surface area contributed by atoms with Crippen LogP contribution >= 0.6 is 0 Å². The van der Waals surface area contributed by atoms with E-state index in [1.807, 2.05) is 37.4 Å². The molecular formula is C20H25NO. The van der Waals surface area contributed by atoms with Gasteiger partial charge >= 0.3 is 0 Å². The Morgan fingerprint density at radius 2 is 1.64 bits per heavy atom. The quantitative estimate of drug-likeness (QED) is 0.597. The molecule has 0 aliphatic rings. The molecule has 0 fully saturated rings. The van der Waals surface area contributed by atoms with Crippen molar-refractivity contribution in [3.05, 3.63) is 59.7 Å². The Hall–Kier alpha value is -2.09. The number of para-hydroxylation sites is 2. The second-order valence-corrected chi connectivity index (χ2v) is 5.34. The number of rotatable bonds is 7. The van der Waals surface area contributed by atoms with Crippen molar-refractivity contribution in [3.63, 3.8) is 0 Å². The number of benzene rings is 2. The Balaban J connectivity index is 2.14. The predicted octanol–water partition coefficient (Wildman–Crippen LogP) is 5.74. The highest BCUT2D eigenvalue weighted by Crippen LogP contribution is 2.27. The van der Waals surface area contributed by atoms with Gasteiger partial charge in [-0.25, -0.2) is 0 Å². The van der Waals surface area contributed by atoms with Crippen LogP contribution in [0.1, 0.15) is 50.7 Å². The first-order valence-corrected chi connectivity index (χ1v) is 8.14. The number of hydrogen-bond donors (Lipinski definition) is 0. The van der Waals surface area contributed by atoms with Crippen LogP contribution in [-0.2, 0) is 0 Å². The summed E-state index contributed by atoms with van der Waals surface area (Å²) in [5.41, 5.74) is 3.39. The number of nitrogens with zero attached hydrogens (tertiary/aromatic N) is 1. The molecule has 2 heteroatoms. The van der Waals surface area contributed by atoms with Crippen molar-refractivity contribution in [2.75, 3.05) is 6.61 Å². The molecule has 0 radical (unpaired) electrons. The lowest BCUT2D eigenvalue weighted by Crippen LogP contribution is -1.95. The average Bonchev–Trinajstić information content (AvgIpc) is 2.57. The van der Waals surface area contributed by atoms with Crippen LogP contribution < -0.4 is 4.74 Å². The first-order valence-electron chi connectivity index (χ1n) is 8.14. The predicted molar refractivity (Wildman–Crippen MR) is 94.6 cm³/mol. The van der Waals surface area contributed by atoms with Gasteiger partial charge in [0.2, 0.25) is 0 Å². The molecule has 0 spiro atoms. The van der Waals surface area contributed by atoms with Gasteiger partial charge < -0.3 is 4.74 Å². The average molecular weight is 295 g/mol. The lowest BCUT2D eigenvalue weighted by atomic mass is 9.93. The van der Waals surface area contributed by atoms with Crippen LogP contribution in [0.3, 0.4) is 0 Å². The maximum Gasteiger partial charge on any atom is 0.144 e. The van der Waals surface area contributed by atoms with Crippen molar-refractivity contribution in [3.8, 4) is 5.75 Å². The lowest BCUT2D eigenvalue weighted by molar-refractivity contribution is 0.341. The molecule has 2 nitrogen and oxygen atoms in total. The summed E-state index contributed by atoms with van der Waals surface area (Å²) in [6.07, 6.45) is 4.27. The van der Waals surface area contributed by atoms with E-state index in [0.717, 1.165) is 17.0 Å². The van der Waals surface area contributed by atoms with Crippen LogP contribution in [0.25, 0.3) is 0 Å². The minimum absolute atomic E-state index is 0.649. The molecule has 2 aromatic carbocycles. The molecule has 0 atom stereocenters. The minimum atomic E-state index is 0.649. The Morgan fingerprint density at radius 3 is 2.27 bits per heavy atom. The van der Waals surface area contributed by atoms with Gasteiger partial charge in [0.25, 0.3) is 0 Å². The molecule has 2 aromatic rings. The highest BCUT2D eigenvalue weighted by molar-refractivity contribution is 5.82. The van der Waals surface area contributed by atoms with Gasteiger partial charge in [-0.05, 0) is 48.9 Å². The molecule has 2 rings (SSSR count). The summed E-state index contributed by atoms with van der Waals surface area (Å²) in [5, 5.41) is 0. The van der Waals surface area contributed by atoms with Crippen molar-refractivity contribution in [1.29, 1.82) is 0 Å². The van der Waals surface area contributed by atoms with Crippen molar-refractivity contribution < 1.29 is 4.74 Å². The Labute approximate surface area is 133 Å². The van der Waals surface area contributed by atoms with Gasteiger partial charge in [-0.3, -0.25) is 4.99 Å². The zero-order valence-electron chi connectivity index (χ0n) is 13.8. The molecule has 116 valence electrons. The largest absolute Gasteiger partial charge is 0.492 e. The van der Waals surface area contributed by atoms with Gasteiger partial charge in [0, 0.05) is 6.21 Å². The summed E-state index contributed by atoms with van der Waals surface area (Å²) in [6, 6.07) is 16.6. The molecule has 0 heterocycles. The molecule has 0 amide bonds. The Bertz CT molecular complexity index is 597. The van der Waals surface area contributed by atoms with Crippen molar-refractivity contribution in [1.82, 2.24) is 0 Å². The summed E-state index contributed by atoms with van der Waals surface area (Å²) in [5.74, 6) is 1.49. The summed E-state index contributed by atoms with van der Waals surface area (Å²) in [4.78, 5) is 4.56. The number of aliphatic imine (C=N–C) groups is 1. The van der Waals surface area contributed by atoms with Gasteiger partial charge in [0.05, 0.1) is 6.61 Å². The molecule has 0 saturated carbocycles. The first kappa shape index (κ1) is 16.3. The van der Waals surface area contributed by atoms with Crippen molar-refractivity contribution >= 4 is 11.9 Å². The maximum atomic E-state index is 5.59. The second kappa shape index (κ2) is 8.38. The monoisotopic (exact) mass is 295 g/mol. The molecule has 0 aliphatic carbocycles. The summed E-state index contributed by atoms with van der Waals surface area (Å²) in [6.45, 7) is 7.12. The third-order valence-electron chi connectivity index (χ3n) is 3.91. The highest BCUT2D eigenvalue weighted by atomic mass is 16.5. The SMILES string of the molecule is CCOc1ccccc1N=Cc1ccc(C(CC)CC)cc1. The second-order valence-electron chi connectivity index (χ2n) is 5.34. The van der Waals surface area contributed by atoms with E-state index in [9.17, 15) is 0 Å². The zero-order valence-corrected chi connectivity index (χ0v) is 13.8. The molecule has 0 aliphatic heterocycles. The normalized spacial score (nSPS) is 11.3.